The van der Waals surface area contributed by atoms with Crippen LogP contribution in [0.2, 0.25) is 0 Å². The number of carbonyl (C=O) groups excluding carboxylic acids is 2. The molecule has 1 heterocycles. The number of carbonyl (C=O) groups is 2. The molecule has 3 N–H and O–H groups in total. The number of rotatable bonds is 4. The minimum absolute atomic E-state index is 0.0432. The molecule has 0 unspecified atom stereocenters. The number of sulfonamides is 1. The molecule has 0 aromatic heterocycles. The van der Waals surface area contributed by atoms with Crippen LogP contribution in [0.25, 0.3) is 0 Å². The summed E-state index contributed by atoms with van der Waals surface area (Å²) in [4.78, 5) is 22.9. The van der Waals surface area contributed by atoms with Crippen LogP contribution in [0.3, 0.4) is 0 Å². The van der Waals surface area contributed by atoms with E-state index in [1.165, 1.54) is 25.2 Å². The highest BCUT2D eigenvalue weighted by molar-refractivity contribution is 7.89. The fraction of sp³-hybridized carbons (Fsp3) is 0.250. The van der Waals surface area contributed by atoms with E-state index in [1.54, 1.807) is 6.07 Å². The molecule has 1 aromatic rings. The van der Waals surface area contributed by atoms with Crippen molar-refractivity contribution in [2.24, 2.45) is 5.10 Å². The normalized spacial score (nSPS) is 15.1. The third kappa shape index (κ3) is 3.64. The number of hydrogen-bond acceptors (Lipinski definition) is 5. The van der Waals surface area contributed by atoms with E-state index < -0.39 is 15.9 Å². The second kappa shape index (κ2) is 6.02. The predicted octanol–water partition coefficient (Wildman–Crippen LogP) is -0.201. The number of nitrogens with one attached hydrogen (secondary N) is 3. The van der Waals surface area contributed by atoms with Gasteiger partial charge in [-0.15, -0.1) is 0 Å². The largest absolute Gasteiger partial charge is 0.321 e. The Labute approximate surface area is 121 Å². The monoisotopic (exact) mass is 310 g/mol. The molecule has 0 radical (unpaired) electrons. The molecule has 1 aliphatic heterocycles. The minimum atomic E-state index is -3.58. The first kappa shape index (κ1) is 15.1. The van der Waals surface area contributed by atoms with E-state index in [0.717, 1.165) is 0 Å². The summed E-state index contributed by atoms with van der Waals surface area (Å²) in [6.07, 6.45) is 0.437. The Bertz CT molecular complexity index is 712. The fourth-order valence-electron chi connectivity index (χ4n) is 1.70. The number of hydrazone groups is 1. The fourth-order valence-corrected chi connectivity index (χ4v) is 2.48. The number of nitrogens with zero attached hydrogens (tertiary/aromatic N) is 1. The van der Waals surface area contributed by atoms with Crippen molar-refractivity contribution in [1.29, 1.82) is 0 Å². The van der Waals surface area contributed by atoms with Gasteiger partial charge in [0.25, 0.3) is 5.91 Å². The summed E-state index contributed by atoms with van der Waals surface area (Å²) in [5.41, 5.74) is 2.75. The Balaban J connectivity index is 2.15. The van der Waals surface area contributed by atoms with Gasteiger partial charge in [-0.2, -0.15) is 5.10 Å². The van der Waals surface area contributed by atoms with Crippen molar-refractivity contribution in [2.75, 3.05) is 12.4 Å². The molecule has 0 saturated carbocycles. The minimum Gasteiger partial charge on any atom is -0.321 e. The summed E-state index contributed by atoms with van der Waals surface area (Å²) in [6, 6.07) is 5.84. The lowest BCUT2D eigenvalue weighted by molar-refractivity contribution is -0.121. The van der Waals surface area contributed by atoms with Gasteiger partial charge in [0.1, 0.15) is 5.71 Å². The lowest BCUT2D eigenvalue weighted by atomic mass is 10.1. The van der Waals surface area contributed by atoms with Gasteiger partial charge in [0, 0.05) is 18.5 Å². The molecule has 0 atom stereocenters. The molecule has 112 valence electrons. The second-order valence-corrected chi connectivity index (χ2v) is 6.17. The van der Waals surface area contributed by atoms with Crippen molar-refractivity contribution in [3.63, 3.8) is 0 Å². The molecule has 0 saturated heterocycles. The maximum Gasteiger partial charge on any atom is 0.271 e. The Kier molecular flexibility index (Phi) is 4.34. The summed E-state index contributed by atoms with van der Waals surface area (Å²) in [5, 5.41) is 6.22. The van der Waals surface area contributed by atoms with Gasteiger partial charge in [-0.1, -0.05) is 6.07 Å². The molecular formula is C12H14N4O4S. The van der Waals surface area contributed by atoms with Gasteiger partial charge < -0.3 is 5.32 Å². The van der Waals surface area contributed by atoms with Crippen LogP contribution < -0.4 is 15.5 Å². The molecule has 2 amide bonds. The third-order valence-corrected chi connectivity index (χ3v) is 4.25. The van der Waals surface area contributed by atoms with E-state index in [2.05, 4.69) is 20.6 Å². The molecule has 0 spiro atoms. The summed E-state index contributed by atoms with van der Waals surface area (Å²) in [5.74, 6) is -0.720. The van der Waals surface area contributed by atoms with Crippen LogP contribution in [0.1, 0.15) is 12.8 Å². The first-order valence-electron chi connectivity index (χ1n) is 6.13. The van der Waals surface area contributed by atoms with Crippen molar-refractivity contribution >= 4 is 33.2 Å². The Morgan fingerprint density at radius 3 is 2.71 bits per heavy atom. The zero-order valence-electron chi connectivity index (χ0n) is 11.2. The SMILES string of the molecule is CNS(=O)(=O)c1cccc(NC(=O)C2=NNC(=O)CC2)c1. The summed E-state index contributed by atoms with van der Waals surface area (Å²) >= 11 is 0. The van der Waals surface area contributed by atoms with Crippen LogP contribution in [-0.4, -0.2) is 33.0 Å². The van der Waals surface area contributed by atoms with Crippen molar-refractivity contribution in [2.45, 2.75) is 17.7 Å². The molecule has 9 heteroatoms. The first-order valence-corrected chi connectivity index (χ1v) is 7.61. The topological polar surface area (TPSA) is 117 Å². The molecule has 8 nitrogen and oxygen atoms in total. The van der Waals surface area contributed by atoms with Crippen LogP contribution in [0.15, 0.2) is 34.3 Å². The molecule has 21 heavy (non-hydrogen) atoms. The standard InChI is InChI=1S/C12H14N4O4S/c1-13-21(19,20)9-4-2-3-8(7-9)14-12(18)10-5-6-11(17)16-15-10/h2-4,7,13H,5-6H2,1H3,(H,14,18)(H,16,17). The quantitative estimate of drug-likeness (QED) is 0.714. The average Bonchev–Trinajstić information content (AvgIpc) is 2.48. The van der Waals surface area contributed by atoms with Crippen LogP contribution in [0.5, 0.6) is 0 Å². The number of benzene rings is 1. The molecule has 1 aromatic carbocycles. The van der Waals surface area contributed by atoms with Crippen LogP contribution in [0.4, 0.5) is 5.69 Å². The van der Waals surface area contributed by atoms with E-state index in [-0.39, 0.29) is 29.4 Å². The molecule has 0 fully saturated rings. The zero-order chi connectivity index (χ0) is 15.5. The summed E-state index contributed by atoms with van der Waals surface area (Å²) in [7, 11) is -2.27. The van der Waals surface area contributed by atoms with E-state index in [9.17, 15) is 18.0 Å². The maximum absolute atomic E-state index is 11.9. The van der Waals surface area contributed by atoms with E-state index in [1.807, 2.05) is 0 Å². The number of anilines is 1. The number of amides is 2. The maximum atomic E-state index is 11.9. The van der Waals surface area contributed by atoms with E-state index in [4.69, 9.17) is 0 Å². The van der Waals surface area contributed by atoms with Crippen molar-refractivity contribution in [3.05, 3.63) is 24.3 Å². The molecule has 1 aliphatic rings. The highest BCUT2D eigenvalue weighted by atomic mass is 32.2. The number of hydrogen-bond donors (Lipinski definition) is 3. The van der Waals surface area contributed by atoms with Crippen molar-refractivity contribution in [3.8, 4) is 0 Å². The Morgan fingerprint density at radius 1 is 1.33 bits per heavy atom. The lowest BCUT2D eigenvalue weighted by Crippen LogP contribution is -2.32. The van der Waals surface area contributed by atoms with Gasteiger partial charge in [-0.05, 0) is 25.2 Å². The van der Waals surface area contributed by atoms with Gasteiger partial charge in [0.15, 0.2) is 0 Å². The molecule has 2 rings (SSSR count). The zero-order valence-corrected chi connectivity index (χ0v) is 12.0. The smallest absolute Gasteiger partial charge is 0.271 e. The van der Waals surface area contributed by atoms with Crippen LogP contribution in [0, 0.1) is 0 Å². The van der Waals surface area contributed by atoms with Gasteiger partial charge in [-0.3, -0.25) is 9.59 Å². The molecule has 0 aliphatic carbocycles. The van der Waals surface area contributed by atoms with Gasteiger partial charge in [0.2, 0.25) is 15.9 Å². The summed E-state index contributed by atoms with van der Waals surface area (Å²) in [6.45, 7) is 0. The first-order chi connectivity index (χ1) is 9.92. The van der Waals surface area contributed by atoms with Crippen LogP contribution >= 0.6 is 0 Å². The van der Waals surface area contributed by atoms with Gasteiger partial charge >= 0.3 is 0 Å². The Hall–Kier alpha value is -2.26. The van der Waals surface area contributed by atoms with E-state index in [0.29, 0.717) is 5.69 Å². The molecular weight excluding hydrogens is 296 g/mol. The predicted molar refractivity (Wildman–Crippen MR) is 76.1 cm³/mol. The highest BCUT2D eigenvalue weighted by Gasteiger charge is 2.19. The highest BCUT2D eigenvalue weighted by Crippen LogP contribution is 2.15. The van der Waals surface area contributed by atoms with E-state index >= 15 is 0 Å². The second-order valence-electron chi connectivity index (χ2n) is 4.28. The van der Waals surface area contributed by atoms with Crippen molar-refractivity contribution < 1.29 is 18.0 Å². The third-order valence-electron chi connectivity index (χ3n) is 2.84. The van der Waals surface area contributed by atoms with Crippen molar-refractivity contribution in [1.82, 2.24) is 10.1 Å². The molecule has 0 bridgehead atoms. The average molecular weight is 310 g/mol. The van der Waals surface area contributed by atoms with Crippen LogP contribution in [-0.2, 0) is 19.6 Å². The lowest BCUT2D eigenvalue weighted by Gasteiger charge is -2.12. The van der Waals surface area contributed by atoms with Gasteiger partial charge in [-0.25, -0.2) is 18.6 Å². The van der Waals surface area contributed by atoms with Gasteiger partial charge in [0.05, 0.1) is 4.90 Å². The summed E-state index contributed by atoms with van der Waals surface area (Å²) < 4.78 is 25.6. The Morgan fingerprint density at radius 2 is 2.10 bits per heavy atom.